The molecule has 13 heteroatoms. The van der Waals surface area contributed by atoms with Gasteiger partial charge in [-0.25, -0.2) is 9.78 Å². The molecule has 1 N–H and O–H groups in total. The fourth-order valence-electron chi connectivity index (χ4n) is 6.43. The third kappa shape index (κ3) is 5.23. The molecular weight excluding hydrogens is 568 g/mol. The summed E-state index contributed by atoms with van der Waals surface area (Å²) in [6.07, 6.45) is -5.72. The Bertz CT molecular complexity index is 1500. The second kappa shape index (κ2) is 10.3. The number of aromatic nitrogens is 2. The number of benzene rings is 1. The number of halogens is 6. The van der Waals surface area contributed by atoms with Crippen LogP contribution in [0, 0.1) is 5.92 Å². The zero-order valence-corrected chi connectivity index (χ0v) is 22.4. The van der Waals surface area contributed by atoms with Gasteiger partial charge in [-0.2, -0.15) is 26.3 Å². The molecule has 7 nitrogen and oxygen atoms in total. The van der Waals surface area contributed by atoms with Crippen LogP contribution in [0.1, 0.15) is 77.8 Å². The average Bonchev–Trinajstić information content (AvgIpc) is 3.64. The van der Waals surface area contributed by atoms with Crippen molar-refractivity contribution in [2.24, 2.45) is 5.92 Å². The highest BCUT2D eigenvalue weighted by Crippen LogP contribution is 2.47. The first-order valence-electron chi connectivity index (χ1n) is 13.7. The molecule has 3 fully saturated rings. The number of aromatic carboxylic acids is 1. The maximum Gasteiger partial charge on any atom is 0.417 e. The molecule has 42 heavy (non-hydrogen) atoms. The highest BCUT2D eigenvalue weighted by Gasteiger charge is 2.47. The van der Waals surface area contributed by atoms with Gasteiger partial charge in [0.05, 0.1) is 29.4 Å². The third-order valence-corrected chi connectivity index (χ3v) is 8.50. The van der Waals surface area contributed by atoms with Crippen molar-refractivity contribution in [2.75, 3.05) is 4.90 Å². The van der Waals surface area contributed by atoms with Crippen molar-refractivity contribution in [1.29, 1.82) is 0 Å². The van der Waals surface area contributed by atoms with Gasteiger partial charge in [0.15, 0.2) is 0 Å². The number of hydrogen-bond donors (Lipinski definition) is 1. The van der Waals surface area contributed by atoms with Crippen molar-refractivity contribution in [2.45, 2.75) is 82.1 Å². The molecule has 2 bridgehead atoms. The Balaban J connectivity index is 1.24. The molecule has 2 aromatic heterocycles. The van der Waals surface area contributed by atoms with E-state index >= 15 is 0 Å². The molecule has 3 aliphatic rings. The number of alkyl halides is 6. The normalized spacial score (nSPS) is 24.3. The van der Waals surface area contributed by atoms with Crippen molar-refractivity contribution in [3.8, 4) is 11.3 Å². The van der Waals surface area contributed by atoms with Gasteiger partial charge in [0.25, 0.3) is 0 Å². The van der Waals surface area contributed by atoms with E-state index in [4.69, 9.17) is 9.26 Å². The van der Waals surface area contributed by atoms with Gasteiger partial charge in [-0.3, -0.25) is 0 Å². The Morgan fingerprint density at radius 2 is 1.79 bits per heavy atom. The summed E-state index contributed by atoms with van der Waals surface area (Å²) in [5.74, 6) is -0.944. The Morgan fingerprint density at radius 1 is 1.07 bits per heavy atom. The molecule has 1 aromatic carbocycles. The Labute approximate surface area is 236 Å². The number of hydrogen-bond acceptors (Lipinski definition) is 6. The molecule has 0 amide bonds. The van der Waals surface area contributed by atoms with Gasteiger partial charge < -0.3 is 19.3 Å². The molecule has 0 radical (unpaired) electrons. The maximum absolute atomic E-state index is 13.8. The summed E-state index contributed by atoms with van der Waals surface area (Å²) in [6, 6.07) is 5.57. The van der Waals surface area contributed by atoms with Crippen LogP contribution in [0.2, 0.25) is 0 Å². The van der Waals surface area contributed by atoms with Crippen LogP contribution in [-0.4, -0.2) is 39.4 Å². The molecular formula is C29H27F6N3O4. The number of fused-ring (bicyclic) bond motifs is 2. The summed E-state index contributed by atoms with van der Waals surface area (Å²) in [5.41, 5.74) is -2.48. The largest absolute Gasteiger partial charge is 0.478 e. The van der Waals surface area contributed by atoms with E-state index in [0.717, 1.165) is 31.2 Å². The van der Waals surface area contributed by atoms with Crippen molar-refractivity contribution in [3.05, 3.63) is 64.5 Å². The minimum atomic E-state index is -4.86. The highest BCUT2D eigenvalue weighted by molar-refractivity contribution is 5.89. The first kappa shape index (κ1) is 28.5. The summed E-state index contributed by atoms with van der Waals surface area (Å²) in [7, 11) is 0. The summed E-state index contributed by atoms with van der Waals surface area (Å²) in [4.78, 5) is 17.3. The molecule has 1 saturated carbocycles. The van der Waals surface area contributed by atoms with Gasteiger partial charge in [-0.15, -0.1) is 0 Å². The van der Waals surface area contributed by atoms with E-state index in [-0.39, 0.29) is 53.7 Å². The van der Waals surface area contributed by atoms with Crippen molar-refractivity contribution >= 4 is 11.8 Å². The summed E-state index contributed by atoms with van der Waals surface area (Å²) in [6.45, 7) is 1.98. The van der Waals surface area contributed by atoms with Crippen LogP contribution in [0.4, 0.5) is 32.2 Å². The molecule has 224 valence electrons. The fraction of sp³-hybridized carbons (Fsp3) is 0.483. The van der Waals surface area contributed by atoms with Gasteiger partial charge >= 0.3 is 18.3 Å². The molecule has 4 atom stereocenters. The minimum Gasteiger partial charge on any atom is -0.478 e. The molecule has 4 heterocycles. The topological polar surface area (TPSA) is 88.7 Å². The standard InChI is InChI=1S/C29H27F6N3O4/c1-14-8-16-9-17(10-23(14)38(16)24-11-22(29(33,34)35)19(12-36-24)27(39)40)41-13-20-25(37-42-26(20)15-6-7-15)18-4-2-3-5-21(18)28(30,31)32/h2-5,11-12,14-17,23H,6-10,13H2,1H3,(H,39,40)/t14-,16?,17?,23?/m1/s1. The molecule has 3 aromatic rings. The van der Waals surface area contributed by atoms with Crippen LogP contribution in [0.5, 0.6) is 0 Å². The molecule has 0 spiro atoms. The van der Waals surface area contributed by atoms with Gasteiger partial charge in [-0.1, -0.05) is 30.3 Å². The van der Waals surface area contributed by atoms with Crippen LogP contribution in [0.3, 0.4) is 0 Å². The zero-order chi connectivity index (χ0) is 30.0. The molecule has 6 rings (SSSR count). The number of pyridine rings is 1. The van der Waals surface area contributed by atoms with Crippen molar-refractivity contribution in [3.63, 3.8) is 0 Å². The first-order chi connectivity index (χ1) is 19.8. The number of ether oxygens (including phenoxy) is 1. The Kier molecular flexibility index (Phi) is 6.98. The number of carbonyl (C=O) groups is 1. The van der Waals surface area contributed by atoms with Crippen LogP contribution in [0.25, 0.3) is 11.3 Å². The summed E-state index contributed by atoms with van der Waals surface area (Å²) < 4.78 is 94.2. The molecule has 3 unspecified atom stereocenters. The molecule has 1 aliphatic carbocycles. The highest BCUT2D eigenvalue weighted by atomic mass is 19.4. The van der Waals surface area contributed by atoms with E-state index in [1.165, 1.54) is 18.2 Å². The fourth-order valence-corrected chi connectivity index (χ4v) is 6.43. The van der Waals surface area contributed by atoms with Crippen LogP contribution >= 0.6 is 0 Å². The molecule has 2 saturated heterocycles. The van der Waals surface area contributed by atoms with Gasteiger partial charge in [0.1, 0.15) is 17.3 Å². The lowest BCUT2D eigenvalue weighted by Crippen LogP contribution is -2.47. The minimum absolute atomic E-state index is 0.0148. The van der Waals surface area contributed by atoms with Gasteiger partial charge in [0, 0.05) is 35.3 Å². The summed E-state index contributed by atoms with van der Waals surface area (Å²) in [5, 5.41) is 13.3. The van der Waals surface area contributed by atoms with Gasteiger partial charge in [-0.05, 0) is 50.2 Å². The number of nitrogens with zero attached hydrogens (tertiary/aromatic N) is 3. The monoisotopic (exact) mass is 595 g/mol. The van der Waals surface area contributed by atoms with Crippen LogP contribution in [0.15, 0.2) is 41.1 Å². The van der Waals surface area contributed by atoms with E-state index in [0.29, 0.717) is 30.6 Å². The molecule has 2 aliphatic heterocycles. The average molecular weight is 596 g/mol. The third-order valence-electron chi connectivity index (χ3n) is 8.50. The SMILES string of the molecule is C[C@@H]1CC2CC(OCc3c(-c4ccccc4C(F)(F)F)noc3C3CC3)CC1N2c1cc(C(F)(F)F)c(C(=O)O)cn1. The van der Waals surface area contributed by atoms with Crippen molar-refractivity contribution < 1.29 is 45.5 Å². The van der Waals surface area contributed by atoms with E-state index in [9.17, 15) is 36.2 Å². The lowest BCUT2D eigenvalue weighted by atomic mass is 9.96. The Hall–Kier alpha value is -3.61. The Morgan fingerprint density at radius 3 is 2.43 bits per heavy atom. The van der Waals surface area contributed by atoms with E-state index in [2.05, 4.69) is 10.1 Å². The predicted molar refractivity (Wildman–Crippen MR) is 137 cm³/mol. The number of carboxylic acids is 1. The summed E-state index contributed by atoms with van der Waals surface area (Å²) >= 11 is 0. The number of piperidine rings is 1. The second-order valence-electron chi connectivity index (χ2n) is 11.3. The smallest absolute Gasteiger partial charge is 0.417 e. The number of carboxylic acid groups (broad SMARTS) is 1. The lowest BCUT2D eigenvalue weighted by molar-refractivity contribution is -0.138. The number of anilines is 1. The second-order valence-corrected chi connectivity index (χ2v) is 11.3. The van der Waals surface area contributed by atoms with E-state index in [1.807, 2.05) is 11.8 Å². The van der Waals surface area contributed by atoms with E-state index < -0.39 is 35.0 Å². The number of rotatable bonds is 7. The van der Waals surface area contributed by atoms with Crippen LogP contribution in [-0.2, 0) is 23.7 Å². The van der Waals surface area contributed by atoms with E-state index in [1.54, 1.807) is 0 Å². The maximum atomic E-state index is 13.8. The van der Waals surface area contributed by atoms with Crippen molar-refractivity contribution in [1.82, 2.24) is 10.1 Å². The van der Waals surface area contributed by atoms with Gasteiger partial charge in [0.2, 0.25) is 0 Å². The first-order valence-corrected chi connectivity index (χ1v) is 13.7. The quantitative estimate of drug-likeness (QED) is 0.287. The zero-order valence-electron chi connectivity index (χ0n) is 22.4. The predicted octanol–water partition coefficient (Wildman–Crippen LogP) is 7.31. The van der Waals surface area contributed by atoms with Crippen LogP contribution < -0.4 is 4.90 Å². The lowest BCUT2D eigenvalue weighted by Gasteiger charge is -2.40.